The first kappa shape index (κ1) is 14.9. The molecule has 5 nitrogen and oxygen atoms in total. The number of ketones is 1. The number of hydrogen-bond acceptors (Lipinski definition) is 4. The lowest BCUT2D eigenvalue weighted by Crippen LogP contribution is -2.44. The van der Waals surface area contributed by atoms with Crippen LogP contribution in [0.1, 0.15) is 36.7 Å². The van der Waals surface area contributed by atoms with Crippen LogP contribution in [0.2, 0.25) is 0 Å². The van der Waals surface area contributed by atoms with E-state index in [4.69, 9.17) is 0 Å². The number of carbonyl (C=O) groups excluding carboxylic acids is 2. The first-order chi connectivity index (χ1) is 10.6. The summed E-state index contributed by atoms with van der Waals surface area (Å²) in [5, 5.41) is 3.51. The minimum absolute atomic E-state index is 0.113. The molecular formula is C17H21N3O2. The van der Waals surface area contributed by atoms with Gasteiger partial charge in [0.05, 0.1) is 17.8 Å². The van der Waals surface area contributed by atoms with Gasteiger partial charge in [0.25, 0.3) is 0 Å². The number of aromatic nitrogens is 1. The Kier molecular flexibility index (Phi) is 4.34. The fraction of sp³-hybridized carbons (Fsp3) is 0.471. The molecule has 1 saturated heterocycles. The molecule has 1 fully saturated rings. The molecule has 1 N–H and O–H groups in total. The van der Waals surface area contributed by atoms with Crippen LogP contribution in [-0.4, -0.2) is 40.7 Å². The highest BCUT2D eigenvalue weighted by Gasteiger charge is 2.20. The highest BCUT2D eigenvalue weighted by molar-refractivity contribution is 5.97. The van der Waals surface area contributed by atoms with E-state index in [-0.39, 0.29) is 11.7 Å². The molecule has 0 aromatic carbocycles. The van der Waals surface area contributed by atoms with Crippen molar-refractivity contribution in [2.45, 2.75) is 38.8 Å². The maximum Gasteiger partial charge on any atom is 0.219 e. The van der Waals surface area contributed by atoms with Crippen LogP contribution in [0.15, 0.2) is 18.2 Å². The quantitative estimate of drug-likeness (QED) is 0.914. The Labute approximate surface area is 130 Å². The van der Waals surface area contributed by atoms with E-state index in [0.29, 0.717) is 19.0 Å². The number of amides is 1. The Morgan fingerprint density at radius 1 is 1.32 bits per heavy atom. The van der Waals surface area contributed by atoms with Crippen LogP contribution in [0.25, 0.3) is 6.08 Å². The van der Waals surface area contributed by atoms with Crippen LogP contribution in [0.4, 0.5) is 0 Å². The average Bonchev–Trinajstić information content (AvgIpc) is 2.53. The van der Waals surface area contributed by atoms with Gasteiger partial charge in [-0.15, -0.1) is 0 Å². The van der Waals surface area contributed by atoms with E-state index in [2.05, 4.69) is 10.3 Å². The fourth-order valence-corrected chi connectivity index (χ4v) is 3.00. The fourth-order valence-electron chi connectivity index (χ4n) is 3.00. The molecule has 1 amide bonds. The number of allylic oxidation sites excluding steroid dienone is 1. The van der Waals surface area contributed by atoms with Gasteiger partial charge in [0, 0.05) is 32.6 Å². The summed E-state index contributed by atoms with van der Waals surface area (Å²) in [5.41, 5.74) is 2.88. The molecule has 0 saturated carbocycles. The van der Waals surface area contributed by atoms with Gasteiger partial charge in [0.15, 0.2) is 5.78 Å². The number of piperidine rings is 1. The molecular weight excluding hydrogens is 278 g/mol. The summed E-state index contributed by atoms with van der Waals surface area (Å²) in [6.45, 7) is 3.98. The Balaban J connectivity index is 1.54. The van der Waals surface area contributed by atoms with Crippen molar-refractivity contribution in [3.63, 3.8) is 0 Å². The van der Waals surface area contributed by atoms with Gasteiger partial charge in [0.2, 0.25) is 5.91 Å². The lowest BCUT2D eigenvalue weighted by Gasteiger charge is -2.31. The number of likely N-dealkylation sites (tertiary alicyclic amines) is 1. The second-order valence-electron chi connectivity index (χ2n) is 5.98. The first-order valence-corrected chi connectivity index (χ1v) is 7.80. The Bertz CT molecular complexity index is 616. The van der Waals surface area contributed by atoms with Crippen molar-refractivity contribution in [2.24, 2.45) is 0 Å². The van der Waals surface area contributed by atoms with E-state index in [9.17, 15) is 9.59 Å². The molecule has 0 unspecified atom stereocenters. The predicted octanol–water partition coefficient (Wildman–Crippen LogP) is 1.32. The summed E-state index contributed by atoms with van der Waals surface area (Å²) in [4.78, 5) is 29.3. The molecule has 0 radical (unpaired) electrons. The third kappa shape index (κ3) is 3.42. The number of pyridine rings is 1. The van der Waals surface area contributed by atoms with Gasteiger partial charge in [-0.2, -0.15) is 0 Å². The number of carbonyl (C=O) groups is 2. The molecule has 1 aliphatic heterocycles. The zero-order valence-electron chi connectivity index (χ0n) is 12.8. The summed E-state index contributed by atoms with van der Waals surface area (Å²) < 4.78 is 0. The van der Waals surface area contributed by atoms with Crippen molar-refractivity contribution >= 4 is 17.8 Å². The molecule has 0 atom stereocenters. The smallest absolute Gasteiger partial charge is 0.219 e. The summed E-state index contributed by atoms with van der Waals surface area (Å²) in [6, 6.07) is 4.46. The largest absolute Gasteiger partial charge is 0.343 e. The van der Waals surface area contributed by atoms with Crippen LogP contribution in [0.3, 0.4) is 0 Å². The van der Waals surface area contributed by atoms with Crippen molar-refractivity contribution in [3.05, 3.63) is 35.2 Å². The van der Waals surface area contributed by atoms with Crippen LogP contribution in [0, 0.1) is 0 Å². The summed E-state index contributed by atoms with van der Waals surface area (Å²) in [6.07, 6.45) is 5.81. The zero-order valence-corrected chi connectivity index (χ0v) is 12.8. The van der Waals surface area contributed by atoms with Crippen molar-refractivity contribution in [1.82, 2.24) is 15.2 Å². The second kappa shape index (κ2) is 6.40. The van der Waals surface area contributed by atoms with E-state index in [1.54, 1.807) is 13.0 Å². The van der Waals surface area contributed by atoms with Crippen LogP contribution < -0.4 is 5.32 Å². The topological polar surface area (TPSA) is 62.3 Å². The summed E-state index contributed by atoms with van der Waals surface area (Å²) >= 11 is 0. The minimum atomic E-state index is 0.113. The third-order valence-corrected chi connectivity index (χ3v) is 4.37. The zero-order chi connectivity index (χ0) is 15.5. The normalized spacial score (nSPS) is 18.4. The van der Waals surface area contributed by atoms with Crippen LogP contribution in [-0.2, 0) is 22.6 Å². The lowest BCUT2D eigenvalue weighted by atomic mass is 10.0. The van der Waals surface area contributed by atoms with E-state index in [1.807, 2.05) is 23.1 Å². The number of rotatable bonds is 3. The minimum Gasteiger partial charge on any atom is -0.343 e. The molecule has 5 heteroatoms. The van der Waals surface area contributed by atoms with Crippen molar-refractivity contribution < 1.29 is 9.59 Å². The highest BCUT2D eigenvalue weighted by atomic mass is 16.2. The average molecular weight is 299 g/mol. The molecule has 22 heavy (non-hydrogen) atoms. The standard InChI is InChI=1S/C17H21N3O2/c1-12(21)20-8-6-14(7-9-20)18-11-15-4-2-13-3-5-16(22)10-17(13)19-15/h2-5,14,18H,6-11H2,1H3. The van der Waals surface area contributed by atoms with Gasteiger partial charge in [-0.05, 0) is 36.6 Å². The molecule has 1 aromatic rings. The number of fused-ring (bicyclic) bond motifs is 1. The number of nitrogens with one attached hydrogen (secondary N) is 1. The van der Waals surface area contributed by atoms with E-state index >= 15 is 0 Å². The molecule has 1 aromatic heterocycles. The van der Waals surface area contributed by atoms with Crippen molar-refractivity contribution in [1.29, 1.82) is 0 Å². The molecule has 2 heterocycles. The van der Waals surface area contributed by atoms with Crippen LogP contribution in [0.5, 0.6) is 0 Å². The highest BCUT2D eigenvalue weighted by Crippen LogP contribution is 2.16. The Hall–Kier alpha value is -2.01. The predicted molar refractivity (Wildman–Crippen MR) is 84.1 cm³/mol. The summed E-state index contributed by atoms with van der Waals surface area (Å²) in [5.74, 6) is 0.272. The first-order valence-electron chi connectivity index (χ1n) is 7.80. The van der Waals surface area contributed by atoms with E-state index in [1.165, 1.54) is 0 Å². The Morgan fingerprint density at radius 3 is 2.82 bits per heavy atom. The molecule has 2 aliphatic rings. The molecule has 0 bridgehead atoms. The summed E-state index contributed by atoms with van der Waals surface area (Å²) in [7, 11) is 0. The van der Waals surface area contributed by atoms with Gasteiger partial charge in [0.1, 0.15) is 0 Å². The van der Waals surface area contributed by atoms with Crippen LogP contribution >= 0.6 is 0 Å². The third-order valence-electron chi connectivity index (χ3n) is 4.37. The second-order valence-corrected chi connectivity index (χ2v) is 5.98. The molecule has 116 valence electrons. The maximum atomic E-state index is 11.5. The lowest BCUT2D eigenvalue weighted by molar-refractivity contribution is -0.129. The SMILES string of the molecule is CC(=O)N1CCC(NCc2ccc3c(n2)CC(=O)C=C3)CC1. The number of hydrogen-bond donors (Lipinski definition) is 1. The van der Waals surface area contributed by atoms with Gasteiger partial charge in [-0.3, -0.25) is 14.6 Å². The van der Waals surface area contributed by atoms with Gasteiger partial charge in [-0.25, -0.2) is 0 Å². The molecule has 3 rings (SSSR count). The number of nitrogens with zero attached hydrogens (tertiary/aromatic N) is 2. The maximum absolute atomic E-state index is 11.5. The van der Waals surface area contributed by atoms with Crippen molar-refractivity contribution in [2.75, 3.05) is 13.1 Å². The molecule has 1 aliphatic carbocycles. The van der Waals surface area contributed by atoms with Gasteiger partial charge < -0.3 is 10.2 Å². The van der Waals surface area contributed by atoms with Gasteiger partial charge in [-0.1, -0.05) is 6.07 Å². The molecule has 0 spiro atoms. The van der Waals surface area contributed by atoms with Crippen molar-refractivity contribution in [3.8, 4) is 0 Å². The van der Waals surface area contributed by atoms with E-state index < -0.39 is 0 Å². The Morgan fingerprint density at radius 2 is 2.09 bits per heavy atom. The monoisotopic (exact) mass is 299 g/mol. The van der Waals surface area contributed by atoms with Gasteiger partial charge >= 0.3 is 0 Å². The van der Waals surface area contributed by atoms with E-state index in [0.717, 1.165) is 42.9 Å².